The van der Waals surface area contributed by atoms with Crippen molar-refractivity contribution in [1.82, 2.24) is 5.32 Å². The molecule has 3 heteroatoms. The standard InChI is InChI=1S/C29H40N2O/c1-22(16-17-26-24(3)13-10-19-29(26,4)5)11-9-12-23(2)18-20-31-28(32)27(30)21-25-14-7-6-8-15-25/h6-9,11-12,14-18,27H,10,13,19-21,30H2,1-5H3,(H,31,32)/t27-/m0/s1. The molecule has 32 heavy (non-hydrogen) atoms. The molecule has 0 saturated heterocycles. The zero-order valence-electron chi connectivity index (χ0n) is 20.4. The van der Waals surface area contributed by atoms with E-state index in [0.717, 1.165) is 11.1 Å². The summed E-state index contributed by atoms with van der Waals surface area (Å²) in [6.45, 7) is 11.6. The van der Waals surface area contributed by atoms with Gasteiger partial charge in [0.25, 0.3) is 0 Å². The molecule has 1 aliphatic rings. The summed E-state index contributed by atoms with van der Waals surface area (Å²) in [4.78, 5) is 12.2. The van der Waals surface area contributed by atoms with E-state index in [1.54, 1.807) is 0 Å². The summed E-state index contributed by atoms with van der Waals surface area (Å²) in [7, 11) is 0. The lowest BCUT2D eigenvalue weighted by atomic mass is 9.72. The molecule has 0 aromatic heterocycles. The number of hydrogen-bond acceptors (Lipinski definition) is 2. The molecule has 0 spiro atoms. The number of carbonyl (C=O) groups is 1. The molecule has 0 fully saturated rings. The van der Waals surface area contributed by atoms with Gasteiger partial charge in [0, 0.05) is 6.54 Å². The Morgan fingerprint density at radius 3 is 2.56 bits per heavy atom. The Balaban J connectivity index is 1.82. The highest BCUT2D eigenvalue weighted by atomic mass is 16.2. The second kappa shape index (κ2) is 12.4. The lowest BCUT2D eigenvalue weighted by Gasteiger charge is -2.32. The number of carbonyl (C=O) groups excluding carboxylic acids is 1. The van der Waals surface area contributed by atoms with Crippen molar-refractivity contribution in [3.05, 3.63) is 94.6 Å². The normalized spacial score (nSPS) is 18.4. The molecule has 0 unspecified atom stereocenters. The average molecular weight is 433 g/mol. The van der Waals surface area contributed by atoms with Crippen molar-refractivity contribution >= 4 is 5.91 Å². The first-order chi connectivity index (χ1) is 15.2. The molecule has 0 heterocycles. The Labute approximate surface area is 194 Å². The third-order valence-corrected chi connectivity index (χ3v) is 6.11. The van der Waals surface area contributed by atoms with Gasteiger partial charge in [-0.15, -0.1) is 0 Å². The van der Waals surface area contributed by atoms with Gasteiger partial charge in [-0.25, -0.2) is 0 Å². The van der Waals surface area contributed by atoms with Crippen molar-refractivity contribution in [1.29, 1.82) is 0 Å². The summed E-state index contributed by atoms with van der Waals surface area (Å²) in [6.07, 6.45) is 17.0. The van der Waals surface area contributed by atoms with Gasteiger partial charge in [0.05, 0.1) is 6.04 Å². The molecule has 1 amide bonds. The lowest BCUT2D eigenvalue weighted by molar-refractivity contribution is -0.122. The van der Waals surface area contributed by atoms with Crippen LogP contribution in [0.25, 0.3) is 0 Å². The van der Waals surface area contributed by atoms with Crippen molar-refractivity contribution in [3.8, 4) is 0 Å². The maximum atomic E-state index is 12.2. The van der Waals surface area contributed by atoms with E-state index < -0.39 is 6.04 Å². The summed E-state index contributed by atoms with van der Waals surface area (Å²) >= 11 is 0. The first-order valence-corrected chi connectivity index (χ1v) is 11.7. The molecule has 0 aliphatic heterocycles. The van der Waals surface area contributed by atoms with Gasteiger partial charge in [-0.2, -0.15) is 0 Å². The van der Waals surface area contributed by atoms with E-state index in [1.165, 1.54) is 36.0 Å². The Kier molecular flexibility index (Phi) is 9.93. The predicted octanol–water partition coefficient (Wildman–Crippen LogP) is 6.20. The maximum absolute atomic E-state index is 12.2. The molecule has 3 N–H and O–H groups in total. The molecule has 172 valence electrons. The van der Waals surface area contributed by atoms with Crippen molar-refractivity contribution in [2.45, 2.75) is 66.3 Å². The van der Waals surface area contributed by atoms with Crippen LogP contribution in [0.2, 0.25) is 0 Å². The summed E-state index contributed by atoms with van der Waals surface area (Å²) in [6, 6.07) is 9.31. The lowest BCUT2D eigenvalue weighted by Crippen LogP contribution is -2.42. The van der Waals surface area contributed by atoms with Crippen LogP contribution in [0.1, 0.15) is 59.4 Å². The molecular formula is C29H40N2O. The fourth-order valence-electron chi connectivity index (χ4n) is 4.10. The zero-order valence-corrected chi connectivity index (χ0v) is 20.4. The second-order valence-corrected chi connectivity index (χ2v) is 9.52. The highest BCUT2D eigenvalue weighted by Crippen LogP contribution is 2.40. The smallest absolute Gasteiger partial charge is 0.237 e. The first kappa shape index (κ1) is 25.6. The van der Waals surface area contributed by atoms with Gasteiger partial charge < -0.3 is 11.1 Å². The largest absolute Gasteiger partial charge is 0.351 e. The van der Waals surface area contributed by atoms with E-state index in [9.17, 15) is 4.79 Å². The summed E-state index contributed by atoms with van der Waals surface area (Å²) in [5.41, 5.74) is 12.7. The van der Waals surface area contributed by atoms with E-state index >= 15 is 0 Å². The third kappa shape index (κ3) is 8.47. The van der Waals surface area contributed by atoms with Gasteiger partial charge in [0.2, 0.25) is 5.91 Å². The summed E-state index contributed by atoms with van der Waals surface area (Å²) in [5, 5.41) is 2.90. The number of benzene rings is 1. The van der Waals surface area contributed by atoms with Crippen LogP contribution in [-0.4, -0.2) is 18.5 Å². The Hall–Kier alpha value is -2.65. The van der Waals surface area contributed by atoms with Crippen LogP contribution >= 0.6 is 0 Å². The van der Waals surface area contributed by atoms with Gasteiger partial charge in [0.15, 0.2) is 0 Å². The number of hydrogen-bond donors (Lipinski definition) is 2. The monoisotopic (exact) mass is 432 g/mol. The highest BCUT2D eigenvalue weighted by Gasteiger charge is 2.26. The minimum atomic E-state index is -0.535. The molecule has 0 saturated carbocycles. The highest BCUT2D eigenvalue weighted by molar-refractivity contribution is 5.81. The van der Waals surface area contributed by atoms with Gasteiger partial charge >= 0.3 is 0 Å². The van der Waals surface area contributed by atoms with E-state index in [4.69, 9.17) is 5.73 Å². The van der Waals surface area contributed by atoms with Crippen LogP contribution in [0.15, 0.2) is 89.1 Å². The summed E-state index contributed by atoms with van der Waals surface area (Å²) < 4.78 is 0. The minimum Gasteiger partial charge on any atom is -0.351 e. The minimum absolute atomic E-state index is 0.127. The van der Waals surface area contributed by atoms with E-state index in [-0.39, 0.29) is 11.3 Å². The van der Waals surface area contributed by atoms with Crippen LogP contribution in [0.4, 0.5) is 0 Å². The van der Waals surface area contributed by atoms with E-state index in [1.807, 2.05) is 43.3 Å². The van der Waals surface area contributed by atoms with E-state index in [2.05, 4.69) is 63.4 Å². The fourth-order valence-corrected chi connectivity index (χ4v) is 4.10. The van der Waals surface area contributed by atoms with Gasteiger partial charge in [0.1, 0.15) is 0 Å². The number of nitrogens with two attached hydrogens (primary N) is 1. The SMILES string of the molecule is CC(C=CC1=C(C)CCCC1(C)C)=CC=CC(C)=CCNC(=O)[C@@H](N)Cc1ccccc1. The van der Waals surface area contributed by atoms with Crippen molar-refractivity contribution in [3.63, 3.8) is 0 Å². The molecule has 1 atom stereocenters. The van der Waals surface area contributed by atoms with Gasteiger partial charge in [-0.1, -0.05) is 97.4 Å². The van der Waals surface area contributed by atoms with Crippen LogP contribution in [0.3, 0.4) is 0 Å². The maximum Gasteiger partial charge on any atom is 0.237 e. The van der Waals surface area contributed by atoms with E-state index in [0.29, 0.717) is 13.0 Å². The number of rotatable bonds is 9. The Morgan fingerprint density at radius 1 is 1.16 bits per heavy atom. The van der Waals surface area contributed by atoms with Crippen molar-refractivity contribution in [2.75, 3.05) is 6.54 Å². The fraction of sp³-hybridized carbons (Fsp3) is 0.414. The average Bonchev–Trinajstić information content (AvgIpc) is 2.73. The van der Waals surface area contributed by atoms with Crippen molar-refractivity contribution < 1.29 is 4.79 Å². The van der Waals surface area contributed by atoms with Crippen LogP contribution in [0.5, 0.6) is 0 Å². The van der Waals surface area contributed by atoms with Crippen LogP contribution in [0, 0.1) is 5.41 Å². The van der Waals surface area contributed by atoms with Crippen LogP contribution in [-0.2, 0) is 11.2 Å². The number of amides is 1. The molecule has 2 rings (SSSR count). The Bertz CT molecular complexity index is 914. The second-order valence-electron chi connectivity index (χ2n) is 9.52. The molecule has 1 aromatic carbocycles. The molecule has 0 bridgehead atoms. The van der Waals surface area contributed by atoms with Gasteiger partial charge in [-0.3, -0.25) is 4.79 Å². The molecule has 3 nitrogen and oxygen atoms in total. The molecule has 0 radical (unpaired) electrons. The Morgan fingerprint density at radius 2 is 1.88 bits per heavy atom. The van der Waals surface area contributed by atoms with Crippen molar-refractivity contribution in [2.24, 2.45) is 11.1 Å². The molecule has 1 aromatic rings. The number of allylic oxidation sites excluding steroid dienone is 9. The first-order valence-electron chi connectivity index (χ1n) is 11.7. The van der Waals surface area contributed by atoms with Gasteiger partial charge in [-0.05, 0) is 63.0 Å². The van der Waals surface area contributed by atoms with Crippen LogP contribution < -0.4 is 11.1 Å². The number of nitrogens with one attached hydrogen (secondary N) is 1. The quantitative estimate of drug-likeness (QED) is 0.456. The third-order valence-electron chi connectivity index (χ3n) is 6.11. The topological polar surface area (TPSA) is 55.1 Å². The molecular weight excluding hydrogens is 392 g/mol. The zero-order chi connectivity index (χ0) is 23.6. The summed E-state index contributed by atoms with van der Waals surface area (Å²) in [5.74, 6) is -0.127. The molecule has 1 aliphatic carbocycles. The predicted molar refractivity (Wildman–Crippen MR) is 137 cm³/mol.